The van der Waals surface area contributed by atoms with E-state index in [4.69, 9.17) is 15.9 Å². The summed E-state index contributed by atoms with van der Waals surface area (Å²) >= 11 is 0. The minimum atomic E-state index is -1.61. The molecule has 0 aliphatic heterocycles. The molecule has 0 radical (unpaired) electrons. The predicted molar refractivity (Wildman–Crippen MR) is 28.2 cm³/mol. The molecule has 5 nitrogen and oxygen atoms in total. The fourth-order valence-corrected chi connectivity index (χ4v) is 0.226. The lowest BCUT2D eigenvalue weighted by molar-refractivity contribution is -0.154. The zero-order valence-electron chi connectivity index (χ0n) is 4.78. The average molecular weight is 135 g/mol. The molecule has 0 spiro atoms. The average Bonchev–Trinajstić information content (AvgIpc) is 1.83. The molecule has 0 aromatic heterocycles. The van der Waals surface area contributed by atoms with E-state index in [1.54, 1.807) is 0 Å². The highest BCUT2D eigenvalue weighted by Crippen LogP contribution is 1.78. The number of ether oxygens (including phenoxy) is 1. The Balaban J connectivity index is 3.17. The number of hydrogen-bond acceptors (Lipinski definition) is 5. The van der Waals surface area contributed by atoms with Crippen molar-refractivity contribution in [1.29, 1.82) is 0 Å². The third kappa shape index (κ3) is 5.22. The Labute approximate surface area is 52.0 Å². The molecule has 9 heavy (non-hydrogen) atoms. The van der Waals surface area contributed by atoms with Crippen molar-refractivity contribution in [1.82, 2.24) is 0 Å². The van der Waals surface area contributed by atoms with Gasteiger partial charge in [-0.2, -0.15) is 0 Å². The number of esters is 1. The number of rotatable bonds is 3. The van der Waals surface area contributed by atoms with E-state index >= 15 is 0 Å². The van der Waals surface area contributed by atoms with Crippen LogP contribution in [0.15, 0.2) is 0 Å². The van der Waals surface area contributed by atoms with E-state index in [2.05, 4.69) is 4.74 Å². The van der Waals surface area contributed by atoms with Gasteiger partial charge in [0.1, 0.15) is 6.61 Å². The highest BCUT2D eigenvalue weighted by molar-refractivity contribution is 5.71. The molecule has 0 atom stereocenters. The molecule has 0 fully saturated rings. The topological polar surface area (TPSA) is 92.8 Å². The summed E-state index contributed by atoms with van der Waals surface area (Å²) in [5.41, 5.74) is 4.82. The van der Waals surface area contributed by atoms with Crippen molar-refractivity contribution in [3.05, 3.63) is 0 Å². The zero-order chi connectivity index (χ0) is 7.28. The molecule has 0 aromatic carbocycles. The van der Waals surface area contributed by atoms with Gasteiger partial charge in [0, 0.05) is 0 Å². The number of nitrogens with two attached hydrogens (primary N) is 1. The van der Waals surface area contributed by atoms with Gasteiger partial charge in [-0.3, -0.25) is 4.79 Å². The standard InChI is InChI=1S/C4H9NO4/c5-1-4(8)9-2-3(6)7/h3,6-7H,1-2,5H2. The number of carbonyl (C=O) groups is 1. The second-order valence-electron chi connectivity index (χ2n) is 1.37. The van der Waals surface area contributed by atoms with Gasteiger partial charge in [-0.25, -0.2) is 0 Å². The van der Waals surface area contributed by atoms with Crippen molar-refractivity contribution >= 4 is 5.97 Å². The lowest BCUT2D eigenvalue weighted by Gasteiger charge is -2.02. The van der Waals surface area contributed by atoms with Crippen molar-refractivity contribution in [3.8, 4) is 0 Å². The predicted octanol–water partition coefficient (Wildman–Crippen LogP) is -2.20. The van der Waals surface area contributed by atoms with Gasteiger partial charge in [0.2, 0.25) is 0 Å². The summed E-state index contributed by atoms with van der Waals surface area (Å²) in [7, 11) is 0. The molecular weight excluding hydrogens is 126 g/mol. The third-order valence-electron chi connectivity index (χ3n) is 0.560. The number of carbonyl (C=O) groups excluding carboxylic acids is 1. The first-order chi connectivity index (χ1) is 4.16. The molecule has 0 saturated carbocycles. The molecule has 0 aromatic rings. The van der Waals surface area contributed by atoms with Crippen LogP contribution in [0.5, 0.6) is 0 Å². The van der Waals surface area contributed by atoms with E-state index in [1.165, 1.54) is 0 Å². The van der Waals surface area contributed by atoms with Gasteiger partial charge >= 0.3 is 5.97 Å². The van der Waals surface area contributed by atoms with Crippen LogP contribution >= 0.6 is 0 Å². The van der Waals surface area contributed by atoms with Gasteiger partial charge in [-0.05, 0) is 0 Å². The molecule has 0 saturated heterocycles. The van der Waals surface area contributed by atoms with E-state index < -0.39 is 18.9 Å². The van der Waals surface area contributed by atoms with Gasteiger partial charge in [0.15, 0.2) is 6.29 Å². The summed E-state index contributed by atoms with van der Waals surface area (Å²) in [4.78, 5) is 10.1. The van der Waals surface area contributed by atoms with Gasteiger partial charge in [0.25, 0.3) is 0 Å². The third-order valence-corrected chi connectivity index (χ3v) is 0.560. The maximum absolute atomic E-state index is 10.1. The molecule has 0 amide bonds. The Morgan fingerprint density at radius 3 is 2.56 bits per heavy atom. The molecular formula is C4H9NO4. The van der Waals surface area contributed by atoms with Gasteiger partial charge in [-0.15, -0.1) is 0 Å². The normalized spacial score (nSPS) is 9.78. The van der Waals surface area contributed by atoms with Gasteiger partial charge < -0.3 is 20.7 Å². The van der Waals surface area contributed by atoms with Gasteiger partial charge in [-0.1, -0.05) is 0 Å². The maximum Gasteiger partial charge on any atom is 0.319 e. The highest BCUT2D eigenvalue weighted by atomic mass is 16.6. The smallest absolute Gasteiger partial charge is 0.319 e. The lowest BCUT2D eigenvalue weighted by atomic mass is 10.6. The molecule has 0 rings (SSSR count). The fraction of sp³-hybridized carbons (Fsp3) is 0.750. The van der Waals surface area contributed by atoms with Crippen LogP contribution in [-0.2, 0) is 9.53 Å². The Bertz CT molecular complexity index is 92.6. The van der Waals surface area contributed by atoms with E-state index in [-0.39, 0.29) is 6.54 Å². The van der Waals surface area contributed by atoms with Crippen molar-refractivity contribution in [2.75, 3.05) is 13.2 Å². The van der Waals surface area contributed by atoms with Gasteiger partial charge in [0.05, 0.1) is 6.54 Å². The van der Waals surface area contributed by atoms with Crippen molar-refractivity contribution < 1.29 is 19.7 Å². The quantitative estimate of drug-likeness (QED) is 0.301. The van der Waals surface area contributed by atoms with Crippen LogP contribution in [0.3, 0.4) is 0 Å². The molecule has 0 aliphatic rings. The zero-order valence-corrected chi connectivity index (χ0v) is 4.78. The monoisotopic (exact) mass is 135 g/mol. The maximum atomic E-state index is 10.1. The Morgan fingerprint density at radius 2 is 2.22 bits per heavy atom. The highest BCUT2D eigenvalue weighted by Gasteiger charge is 2.01. The molecule has 54 valence electrons. The lowest BCUT2D eigenvalue weighted by Crippen LogP contribution is -2.22. The Morgan fingerprint density at radius 1 is 1.67 bits per heavy atom. The minimum absolute atomic E-state index is 0.243. The number of hydrogen-bond donors (Lipinski definition) is 3. The molecule has 0 aliphatic carbocycles. The van der Waals surface area contributed by atoms with E-state index in [0.717, 1.165) is 0 Å². The summed E-state index contributed by atoms with van der Waals surface area (Å²) < 4.78 is 4.19. The molecule has 4 N–H and O–H groups in total. The summed E-state index contributed by atoms with van der Waals surface area (Å²) in [6, 6.07) is 0. The number of aliphatic hydroxyl groups is 2. The largest absolute Gasteiger partial charge is 0.459 e. The summed E-state index contributed by atoms with van der Waals surface area (Å²) in [6.07, 6.45) is -1.61. The molecule has 0 unspecified atom stereocenters. The Kier molecular flexibility index (Phi) is 3.94. The van der Waals surface area contributed by atoms with Crippen LogP contribution in [0.2, 0.25) is 0 Å². The van der Waals surface area contributed by atoms with Crippen molar-refractivity contribution in [2.24, 2.45) is 5.73 Å². The summed E-state index contributed by atoms with van der Waals surface area (Å²) in [5.74, 6) is -0.650. The fourth-order valence-electron chi connectivity index (χ4n) is 0.226. The van der Waals surface area contributed by atoms with E-state index in [1.807, 2.05) is 0 Å². The minimum Gasteiger partial charge on any atom is -0.459 e. The summed E-state index contributed by atoms with van der Waals surface area (Å²) in [6.45, 7) is -0.664. The van der Waals surface area contributed by atoms with Crippen molar-refractivity contribution in [2.45, 2.75) is 6.29 Å². The molecule has 5 heteroatoms. The number of aliphatic hydroxyl groups excluding tert-OH is 1. The van der Waals surface area contributed by atoms with Crippen LogP contribution in [0.4, 0.5) is 0 Å². The second kappa shape index (κ2) is 4.25. The van der Waals surface area contributed by atoms with Crippen LogP contribution in [0.1, 0.15) is 0 Å². The SMILES string of the molecule is NCC(=O)OCC(O)O. The van der Waals surface area contributed by atoms with Crippen molar-refractivity contribution in [3.63, 3.8) is 0 Å². The van der Waals surface area contributed by atoms with E-state index in [0.29, 0.717) is 0 Å². The second-order valence-corrected chi connectivity index (χ2v) is 1.37. The van der Waals surface area contributed by atoms with Crippen LogP contribution in [0.25, 0.3) is 0 Å². The van der Waals surface area contributed by atoms with E-state index in [9.17, 15) is 4.79 Å². The first-order valence-corrected chi connectivity index (χ1v) is 2.38. The first kappa shape index (κ1) is 8.35. The Hall–Kier alpha value is -0.650. The van der Waals surface area contributed by atoms with Crippen LogP contribution in [-0.4, -0.2) is 35.6 Å². The van der Waals surface area contributed by atoms with Crippen LogP contribution in [0, 0.1) is 0 Å². The van der Waals surface area contributed by atoms with Crippen LogP contribution < -0.4 is 5.73 Å². The summed E-state index contributed by atoms with van der Waals surface area (Å²) in [5, 5.41) is 16.3. The first-order valence-electron chi connectivity index (χ1n) is 2.38. The molecule has 0 bridgehead atoms. The molecule has 0 heterocycles.